The average molecular weight is 212 g/mol. The minimum absolute atomic E-state index is 0.402. The predicted octanol–water partition coefficient (Wildman–Crippen LogP) is 2.48. The second-order valence-electron chi connectivity index (χ2n) is 3.06. The van der Waals surface area contributed by atoms with Crippen LogP contribution in [0, 0.1) is 0 Å². The lowest BCUT2D eigenvalue weighted by Gasteiger charge is -2.10. The highest BCUT2D eigenvalue weighted by molar-refractivity contribution is 7.99. The van der Waals surface area contributed by atoms with E-state index in [4.69, 9.17) is 4.74 Å². The number of methoxy groups -OCH3 is 1. The van der Waals surface area contributed by atoms with Crippen molar-refractivity contribution in [3.05, 3.63) is 29.8 Å². The summed E-state index contributed by atoms with van der Waals surface area (Å²) in [4.78, 5) is 1.14. The number of aliphatic hydroxyl groups is 1. The molecule has 2 nitrogen and oxygen atoms in total. The molecule has 1 aromatic rings. The van der Waals surface area contributed by atoms with Gasteiger partial charge in [0.15, 0.2) is 0 Å². The molecule has 1 atom stereocenters. The van der Waals surface area contributed by atoms with Crippen LogP contribution in [0.25, 0.3) is 0 Å². The summed E-state index contributed by atoms with van der Waals surface area (Å²) in [5.74, 6) is 0.917. The van der Waals surface area contributed by atoms with Crippen molar-refractivity contribution >= 4 is 11.8 Å². The van der Waals surface area contributed by atoms with Crippen LogP contribution in [0.5, 0.6) is 0 Å². The second kappa shape index (κ2) is 6.06. The van der Waals surface area contributed by atoms with Gasteiger partial charge in [-0.3, -0.25) is 0 Å². The van der Waals surface area contributed by atoms with E-state index in [9.17, 15) is 5.11 Å². The molecule has 0 aliphatic carbocycles. The summed E-state index contributed by atoms with van der Waals surface area (Å²) in [6.07, 6.45) is -0.402. The van der Waals surface area contributed by atoms with Crippen molar-refractivity contribution in [2.24, 2.45) is 0 Å². The molecule has 1 aromatic carbocycles. The summed E-state index contributed by atoms with van der Waals surface area (Å²) in [5.41, 5.74) is 0.994. The zero-order valence-corrected chi connectivity index (χ0v) is 9.38. The normalized spacial score (nSPS) is 12.8. The van der Waals surface area contributed by atoms with Crippen molar-refractivity contribution < 1.29 is 9.84 Å². The maximum atomic E-state index is 9.52. The Balaban J connectivity index is 2.64. The lowest BCUT2D eigenvalue weighted by Crippen LogP contribution is -1.96. The highest BCUT2D eigenvalue weighted by Gasteiger charge is 2.06. The van der Waals surface area contributed by atoms with E-state index in [1.54, 1.807) is 25.8 Å². The van der Waals surface area contributed by atoms with Gasteiger partial charge >= 0.3 is 0 Å². The quantitative estimate of drug-likeness (QED) is 0.600. The maximum absolute atomic E-state index is 9.52. The molecule has 0 saturated heterocycles. The monoisotopic (exact) mass is 212 g/mol. The van der Waals surface area contributed by atoms with Gasteiger partial charge in [0.05, 0.1) is 12.7 Å². The number of rotatable bonds is 5. The molecule has 0 radical (unpaired) electrons. The van der Waals surface area contributed by atoms with E-state index in [-0.39, 0.29) is 0 Å². The van der Waals surface area contributed by atoms with E-state index >= 15 is 0 Å². The molecule has 0 aromatic heterocycles. The number of hydrogen-bond donors (Lipinski definition) is 1. The van der Waals surface area contributed by atoms with Gasteiger partial charge in [0.2, 0.25) is 0 Å². The maximum Gasteiger partial charge on any atom is 0.0772 e. The molecule has 0 unspecified atom stereocenters. The van der Waals surface area contributed by atoms with Crippen molar-refractivity contribution in [1.29, 1.82) is 0 Å². The summed E-state index contributed by atoms with van der Waals surface area (Å²) in [6, 6.07) is 7.92. The van der Waals surface area contributed by atoms with E-state index in [2.05, 4.69) is 0 Å². The predicted molar refractivity (Wildman–Crippen MR) is 59.7 cm³/mol. The molecule has 3 heteroatoms. The molecule has 1 N–H and O–H groups in total. The Kier molecular flexibility index (Phi) is 5.01. The number of thioether (sulfide) groups is 1. The van der Waals surface area contributed by atoms with Gasteiger partial charge in [0, 0.05) is 17.8 Å². The zero-order valence-electron chi connectivity index (χ0n) is 8.56. The standard InChI is InChI=1S/C11H16O2S/c1-9(12)10-5-3-4-6-11(10)14-8-7-13-2/h3-6,9,12H,7-8H2,1-2H3/t9-/m1/s1. The minimum Gasteiger partial charge on any atom is -0.389 e. The third-order valence-electron chi connectivity index (χ3n) is 1.91. The Hall–Kier alpha value is -0.510. The largest absolute Gasteiger partial charge is 0.389 e. The Labute approximate surface area is 89.3 Å². The Bertz CT molecular complexity index is 274. The van der Waals surface area contributed by atoms with E-state index in [1.165, 1.54) is 0 Å². The van der Waals surface area contributed by atoms with Crippen LogP contribution in [0.1, 0.15) is 18.6 Å². The van der Waals surface area contributed by atoms with Crippen molar-refractivity contribution in [2.75, 3.05) is 19.5 Å². The van der Waals surface area contributed by atoms with Crippen LogP contribution in [0.15, 0.2) is 29.2 Å². The fourth-order valence-corrected chi connectivity index (χ4v) is 2.24. The van der Waals surface area contributed by atoms with Crippen molar-refractivity contribution in [1.82, 2.24) is 0 Å². The highest BCUT2D eigenvalue weighted by Crippen LogP contribution is 2.26. The average Bonchev–Trinajstić information content (AvgIpc) is 2.19. The highest BCUT2D eigenvalue weighted by atomic mass is 32.2. The van der Waals surface area contributed by atoms with Crippen LogP contribution in [0.3, 0.4) is 0 Å². The van der Waals surface area contributed by atoms with Crippen LogP contribution in [0.2, 0.25) is 0 Å². The Morgan fingerprint density at radius 3 is 2.79 bits per heavy atom. The first kappa shape index (κ1) is 11.6. The van der Waals surface area contributed by atoms with E-state index in [0.29, 0.717) is 0 Å². The second-order valence-corrected chi connectivity index (χ2v) is 4.19. The van der Waals surface area contributed by atoms with Gasteiger partial charge in [-0.05, 0) is 18.6 Å². The van der Waals surface area contributed by atoms with Crippen LogP contribution < -0.4 is 0 Å². The van der Waals surface area contributed by atoms with Gasteiger partial charge in [-0.1, -0.05) is 18.2 Å². The Morgan fingerprint density at radius 2 is 2.14 bits per heavy atom. The van der Waals surface area contributed by atoms with Gasteiger partial charge in [-0.2, -0.15) is 0 Å². The van der Waals surface area contributed by atoms with E-state index < -0.39 is 6.10 Å². The molecule has 0 bridgehead atoms. The number of aliphatic hydroxyl groups excluding tert-OH is 1. The lowest BCUT2D eigenvalue weighted by atomic mass is 10.1. The summed E-state index contributed by atoms with van der Waals surface area (Å²) in [7, 11) is 1.70. The van der Waals surface area contributed by atoms with Crippen LogP contribution in [-0.2, 0) is 4.74 Å². The van der Waals surface area contributed by atoms with E-state index in [1.807, 2.05) is 24.3 Å². The van der Waals surface area contributed by atoms with Crippen molar-refractivity contribution in [3.63, 3.8) is 0 Å². The summed E-state index contributed by atoms with van der Waals surface area (Å²) in [6.45, 7) is 2.52. The molecule has 0 spiro atoms. The zero-order chi connectivity index (χ0) is 10.4. The summed E-state index contributed by atoms with van der Waals surface area (Å²) in [5, 5.41) is 9.52. The molecule has 14 heavy (non-hydrogen) atoms. The summed E-state index contributed by atoms with van der Waals surface area (Å²) >= 11 is 1.71. The third kappa shape index (κ3) is 3.33. The molecule has 0 aliphatic rings. The van der Waals surface area contributed by atoms with Crippen LogP contribution >= 0.6 is 11.8 Å². The number of ether oxygens (including phenoxy) is 1. The molecule has 0 aliphatic heterocycles. The van der Waals surface area contributed by atoms with Crippen LogP contribution in [-0.4, -0.2) is 24.6 Å². The van der Waals surface area contributed by atoms with Gasteiger partial charge < -0.3 is 9.84 Å². The summed E-state index contributed by atoms with van der Waals surface area (Å²) < 4.78 is 4.98. The number of benzene rings is 1. The molecule has 78 valence electrons. The van der Waals surface area contributed by atoms with Gasteiger partial charge in [0.1, 0.15) is 0 Å². The van der Waals surface area contributed by atoms with Gasteiger partial charge in [-0.15, -0.1) is 11.8 Å². The molecule has 1 rings (SSSR count). The third-order valence-corrected chi connectivity index (χ3v) is 2.97. The lowest BCUT2D eigenvalue weighted by molar-refractivity contribution is 0.196. The first-order chi connectivity index (χ1) is 6.75. The first-order valence-electron chi connectivity index (χ1n) is 4.64. The molecule has 0 fully saturated rings. The Morgan fingerprint density at radius 1 is 1.43 bits per heavy atom. The molecule has 0 heterocycles. The van der Waals surface area contributed by atoms with Crippen LogP contribution in [0.4, 0.5) is 0 Å². The van der Waals surface area contributed by atoms with Crippen molar-refractivity contribution in [3.8, 4) is 0 Å². The minimum atomic E-state index is -0.402. The number of hydrogen-bond acceptors (Lipinski definition) is 3. The molecular formula is C11H16O2S. The molecular weight excluding hydrogens is 196 g/mol. The SMILES string of the molecule is COCCSc1ccccc1[C@@H](C)O. The van der Waals surface area contributed by atoms with Gasteiger partial charge in [-0.25, -0.2) is 0 Å². The van der Waals surface area contributed by atoms with E-state index in [0.717, 1.165) is 22.8 Å². The molecule has 0 saturated carbocycles. The molecule has 0 amide bonds. The fourth-order valence-electron chi connectivity index (χ4n) is 1.19. The fraction of sp³-hybridized carbons (Fsp3) is 0.455. The first-order valence-corrected chi connectivity index (χ1v) is 5.63. The van der Waals surface area contributed by atoms with Crippen molar-refractivity contribution in [2.45, 2.75) is 17.9 Å². The topological polar surface area (TPSA) is 29.5 Å². The van der Waals surface area contributed by atoms with Gasteiger partial charge in [0.25, 0.3) is 0 Å². The smallest absolute Gasteiger partial charge is 0.0772 e.